The van der Waals surface area contributed by atoms with Crippen LogP contribution in [0, 0.1) is 10.1 Å². The minimum absolute atomic E-state index is 0.116. The smallest absolute Gasteiger partial charge is 0.310 e. The maximum atomic E-state index is 10.4. The number of benzene rings is 1. The lowest BCUT2D eigenvalue weighted by Crippen LogP contribution is -2.05. The summed E-state index contributed by atoms with van der Waals surface area (Å²) in [7, 11) is 0. The Hall–Kier alpha value is -2.15. The van der Waals surface area contributed by atoms with Crippen LogP contribution in [0.25, 0.3) is 0 Å². The van der Waals surface area contributed by atoms with Gasteiger partial charge in [0.15, 0.2) is 5.75 Å². The van der Waals surface area contributed by atoms with E-state index in [-0.39, 0.29) is 5.56 Å². The Labute approximate surface area is 89.7 Å². The molecule has 1 atom stereocenters. The minimum atomic E-state index is -1.30. The average Bonchev–Trinajstić information content (AvgIpc) is 2.15. The first kappa shape index (κ1) is 11.9. The Balaban J connectivity index is 2.96. The van der Waals surface area contributed by atoms with E-state index in [1.807, 2.05) is 0 Å². The summed E-state index contributed by atoms with van der Waals surface area (Å²) < 4.78 is 0. The molecular formula is C9H9NO6. The molecule has 1 aromatic rings. The molecule has 1 aromatic carbocycles. The molecular weight excluding hydrogens is 218 g/mol. The monoisotopic (exact) mass is 227 g/mol. The average molecular weight is 227 g/mol. The van der Waals surface area contributed by atoms with E-state index >= 15 is 0 Å². The number of aliphatic hydroxyl groups excluding tert-OH is 1. The summed E-state index contributed by atoms with van der Waals surface area (Å²) in [4.78, 5) is 19.9. The summed E-state index contributed by atoms with van der Waals surface area (Å²) in [5, 5.41) is 37.4. The van der Waals surface area contributed by atoms with Gasteiger partial charge in [-0.25, -0.2) is 0 Å². The molecule has 0 spiro atoms. The van der Waals surface area contributed by atoms with E-state index in [2.05, 4.69) is 0 Å². The summed E-state index contributed by atoms with van der Waals surface area (Å²) in [6.45, 7) is 0. The molecule has 86 valence electrons. The van der Waals surface area contributed by atoms with Gasteiger partial charge in [-0.3, -0.25) is 14.9 Å². The van der Waals surface area contributed by atoms with Crippen molar-refractivity contribution in [3.8, 4) is 5.75 Å². The van der Waals surface area contributed by atoms with Crippen LogP contribution >= 0.6 is 0 Å². The Morgan fingerprint density at radius 3 is 2.56 bits per heavy atom. The number of nitrogens with zero attached hydrogens (tertiary/aromatic N) is 1. The number of aromatic hydroxyl groups is 1. The molecule has 1 unspecified atom stereocenters. The fourth-order valence-corrected chi connectivity index (χ4v) is 1.19. The standard InChI is InChI=1S/C9H9NO6/c11-7(4-9(13)14)5-1-2-6(10(15)16)8(12)3-5/h1-3,7,11-12H,4H2,(H,13,14). The normalized spacial score (nSPS) is 12.1. The van der Waals surface area contributed by atoms with Crippen molar-refractivity contribution in [2.24, 2.45) is 0 Å². The lowest BCUT2D eigenvalue weighted by Gasteiger charge is -2.08. The van der Waals surface area contributed by atoms with Gasteiger partial charge >= 0.3 is 11.7 Å². The van der Waals surface area contributed by atoms with E-state index in [1.54, 1.807) is 0 Å². The number of nitro groups is 1. The van der Waals surface area contributed by atoms with Gasteiger partial charge in [0.05, 0.1) is 17.4 Å². The number of aliphatic hydroxyl groups is 1. The van der Waals surface area contributed by atoms with Crippen molar-refractivity contribution in [3.05, 3.63) is 33.9 Å². The van der Waals surface area contributed by atoms with Crippen molar-refractivity contribution < 1.29 is 25.0 Å². The van der Waals surface area contributed by atoms with Gasteiger partial charge in [-0.1, -0.05) is 0 Å². The molecule has 3 N–H and O–H groups in total. The van der Waals surface area contributed by atoms with Gasteiger partial charge in [0.25, 0.3) is 0 Å². The molecule has 0 aromatic heterocycles. The third kappa shape index (κ3) is 2.67. The number of carboxylic acid groups (broad SMARTS) is 1. The zero-order valence-corrected chi connectivity index (χ0v) is 8.03. The Kier molecular flexibility index (Phi) is 3.41. The van der Waals surface area contributed by atoms with Crippen molar-refractivity contribution in [3.63, 3.8) is 0 Å². The lowest BCUT2D eigenvalue weighted by molar-refractivity contribution is -0.385. The van der Waals surface area contributed by atoms with E-state index in [9.17, 15) is 25.1 Å². The minimum Gasteiger partial charge on any atom is -0.502 e. The van der Waals surface area contributed by atoms with Crippen LogP contribution in [0.1, 0.15) is 18.1 Å². The van der Waals surface area contributed by atoms with Gasteiger partial charge in [-0.05, 0) is 17.7 Å². The maximum Gasteiger partial charge on any atom is 0.310 e. The zero-order chi connectivity index (χ0) is 12.3. The van der Waals surface area contributed by atoms with Crippen molar-refractivity contribution in [1.82, 2.24) is 0 Å². The number of nitro benzene ring substituents is 1. The molecule has 16 heavy (non-hydrogen) atoms. The van der Waals surface area contributed by atoms with Gasteiger partial charge in [0.2, 0.25) is 0 Å². The summed E-state index contributed by atoms with van der Waals surface area (Å²) in [5.74, 6) is -1.81. The van der Waals surface area contributed by atoms with E-state index in [1.165, 1.54) is 6.07 Å². The fourth-order valence-electron chi connectivity index (χ4n) is 1.19. The number of phenols is 1. The second-order valence-corrected chi connectivity index (χ2v) is 3.12. The number of phenolic OH excluding ortho intramolecular Hbond substituents is 1. The molecule has 0 heterocycles. The highest BCUT2D eigenvalue weighted by Crippen LogP contribution is 2.29. The van der Waals surface area contributed by atoms with Crippen LogP contribution in [-0.4, -0.2) is 26.2 Å². The van der Waals surface area contributed by atoms with Gasteiger partial charge in [-0.2, -0.15) is 0 Å². The maximum absolute atomic E-state index is 10.4. The number of hydrogen-bond acceptors (Lipinski definition) is 5. The highest BCUT2D eigenvalue weighted by Gasteiger charge is 2.17. The summed E-state index contributed by atoms with van der Waals surface area (Å²) in [6.07, 6.45) is -1.83. The lowest BCUT2D eigenvalue weighted by atomic mass is 10.1. The molecule has 7 heteroatoms. The predicted octanol–water partition coefficient (Wildman–Crippen LogP) is 0.808. The summed E-state index contributed by atoms with van der Waals surface area (Å²) >= 11 is 0. The number of hydrogen-bond donors (Lipinski definition) is 3. The van der Waals surface area contributed by atoms with Gasteiger partial charge < -0.3 is 15.3 Å². The largest absolute Gasteiger partial charge is 0.502 e. The fraction of sp³-hybridized carbons (Fsp3) is 0.222. The number of aliphatic carboxylic acids is 1. The summed E-state index contributed by atoms with van der Waals surface area (Å²) in [6, 6.07) is 3.19. The van der Waals surface area contributed by atoms with E-state index in [0.29, 0.717) is 0 Å². The van der Waals surface area contributed by atoms with Crippen LogP contribution in [0.5, 0.6) is 5.75 Å². The van der Waals surface area contributed by atoms with E-state index < -0.39 is 34.9 Å². The van der Waals surface area contributed by atoms with Gasteiger partial charge in [0, 0.05) is 6.07 Å². The third-order valence-electron chi connectivity index (χ3n) is 1.95. The molecule has 0 aliphatic heterocycles. The molecule has 0 aliphatic carbocycles. The first-order valence-corrected chi connectivity index (χ1v) is 4.29. The van der Waals surface area contributed by atoms with Crippen molar-refractivity contribution in [2.45, 2.75) is 12.5 Å². The van der Waals surface area contributed by atoms with Gasteiger partial charge in [0.1, 0.15) is 0 Å². The first-order valence-electron chi connectivity index (χ1n) is 4.29. The molecule has 0 saturated heterocycles. The Morgan fingerprint density at radius 2 is 2.12 bits per heavy atom. The third-order valence-corrected chi connectivity index (χ3v) is 1.95. The van der Waals surface area contributed by atoms with Crippen LogP contribution in [0.4, 0.5) is 5.69 Å². The topological polar surface area (TPSA) is 121 Å². The molecule has 0 amide bonds. The van der Waals surface area contributed by atoms with Crippen LogP contribution < -0.4 is 0 Å². The van der Waals surface area contributed by atoms with Crippen LogP contribution in [-0.2, 0) is 4.79 Å². The molecule has 7 nitrogen and oxygen atoms in total. The van der Waals surface area contributed by atoms with Crippen LogP contribution in [0.15, 0.2) is 18.2 Å². The van der Waals surface area contributed by atoms with Crippen molar-refractivity contribution in [2.75, 3.05) is 0 Å². The van der Waals surface area contributed by atoms with Crippen molar-refractivity contribution >= 4 is 11.7 Å². The first-order chi connectivity index (χ1) is 7.41. The Morgan fingerprint density at radius 1 is 1.50 bits per heavy atom. The van der Waals surface area contributed by atoms with Crippen LogP contribution in [0.2, 0.25) is 0 Å². The van der Waals surface area contributed by atoms with E-state index in [0.717, 1.165) is 12.1 Å². The molecule has 0 radical (unpaired) electrons. The van der Waals surface area contributed by atoms with Crippen molar-refractivity contribution in [1.29, 1.82) is 0 Å². The summed E-state index contributed by atoms with van der Waals surface area (Å²) in [5.41, 5.74) is -0.378. The zero-order valence-electron chi connectivity index (χ0n) is 8.03. The number of rotatable bonds is 4. The number of carboxylic acids is 1. The second kappa shape index (κ2) is 4.58. The quantitative estimate of drug-likeness (QED) is 0.516. The predicted molar refractivity (Wildman–Crippen MR) is 52.0 cm³/mol. The van der Waals surface area contributed by atoms with Crippen LogP contribution in [0.3, 0.4) is 0 Å². The molecule has 0 fully saturated rings. The molecule has 0 saturated carbocycles. The SMILES string of the molecule is O=C(O)CC(O)c1ccc([N+](=O)[O-])c(O)c1. The molecule has 0 bridgehead atoms. The Bertz CT molecular complexity index is 430. The molecule has 1 rings (SSSR count). The van der Waals surface area contributed by atoms with Gasteiger partial charge in [-0.15, -0.1) is 0 Å². The van der Waals surface area contributed by atoms with E-state index in [4.69, 9.17) is 5.11 Å². The number of carbonyl (C=O) groups is 1. The highest BCUT2D eigenvalue weighted by atomic mass is 16.6. The highest BCUT2D eigenvalue weighted by molar-refractivity contribution is 5.67. The molecule has 0 aliphatic rings. The second-order valence-electron chi connectivity index (χ2n) is 3.12.